The molecule has 1 aromatic heterocycles. The largest absolute Gasteiger partial charge is 0.334 e. The fraction of sp³-hybridized carbons (Fsp3) is 0.571. The van der Waals surface area contributed by atoms with Crippen LogP contribution in [0, 0.1) is 0 Å². The van der Waals surface area contributed by atoms with Gasteiger partial charge in [-0.2, -0.15) is 0 Å². The Kier molecular flexibility index (Phi) is 4.70. The summed E-state index contributed by atoms with van der Waals surface area (Å²) in [5, 5.41) is 0. The fourth-order valence-corrected chi connectivity index (χ4v) is 2.64. The lowest BCUT2D eigenvalue weighted by Crippen LogP contribution is -2.44. The van der Waals surface area contributed by atoms with Crippen LogP contribution in [0.3, 0.4) is 0 Å². The minimum Gasteiger partial charge on any atom is -0.334 e. The first-order valence-electron chi connectivity index (χ1n) is 6.74. The average molecular weight is 247 g/mol. The second-order valence-electron chi connectivity index (χ2n) is 4.81. The van der Waals surface area contributed by atoms with Gasteiger partial charge in [0.05, 0.1) is 0 Å². The first-order chi connectivity index (χ1) is 8.83. The quantitative estimate of drug-likeness (QED) is 0.882. The molecular weight excluding hydrogens is 226 g/mol. The molecule has 0 atom stereocenters. The van der Waals surface area contributed by atoms with E-state index >= 15 is 0 Å². The Balaban J connectivity index is 2.11. The first kappa shape index (κ1) is 13.0. The number of nitrogens with zero attached hydrogens (tertiary/aromatic N) is 2. The lowest BCUT2D eigenvalue weighted by molar-refractivity contribution is 0.0641. The Hall–Kier alpha value is -1.42. The molecule has 4 nitrogen and oxygen atoms in total. The van der Waals surface area contributed by atoms with Crippen molar-refractivity contribution in [3.8, 4) is 0 Å². The van der Waals surface area contributed by atoms with E-state index in [2.05, 4.69) is 4.98 Å². The van der Waals surface area contributed by atoms with Crippen molar-refractivity contribution in [3.63, 3.8) is 0 Å². The average Bonchev–Trinajstić information content (AvgIpc) is 2.46. The van der Waals surface area contributed by atoms with E-state index in [-0.39, 0.29) is 5.91 Å². The Morgan fingerprint density at radius 1 is 1.28 bits per heavy atom. The minimum absolute atomic E-state index is 0.0924. The number of amides is 1. The lowest BCUT2D eigenvalue weighted by atomic mass is 9.93. The molecule has 98 valence electrons. The molecule has 1 aliphatic rings. The van der Waals surface area contributed by atoms with Gasteiger partial charge in [0.25, 0.3) is 5.91 Å². The second-order valence-corrected chi connectivity index (χ2v) is 4.81. The Bertz CT molecular complexity index is 374. The van der Waals surface area contributed by atoms with Crippen LogP contribution >= 0.6 is 0 Å². The van der Waals surface area contributed by atoms with E-state index < -0.39 is 0 Å². The molecule has 0 spiro atoms. The van der Waals surface area contributed by atoms with Crippen LogP contribution in [0.15, 0.2) is 24.5 Å². The van der Waals surface area contributed by atoms with Crippen molar-refractivity contribution in [3.05, 3.63) is 30.1 Å². The van der Waals surface area contributed by atoms with E-state index in [1.807, 2.05) is 4.90 Å². The number of carbonyl (C=O) groups is 1. The molecule has 0 radical (unpaired) electrons. The number of carbonyl (C=O) groups excluding carboxylic acids is 1. The molecule has 1 amide bonds. The summed E-state index contributed by atoms with van der Waals surface area (Å²) in [4.78, 5) is 18.4. The third-order valence-corrected chi connectivity index (χ3v) is 3.57. The van der Waals surface area contributed by atoms with Crippen LogP contribution in [-0.2, 0) is 0 Å². The normalized spacial score (nSPS) is 16.5. The molecule has 2 rings (SSSR count). The lowest BCUT2D eigenvalue weighted by Gasteiger charge is -2.34. The van der Waals surface area contributed by atoms with E-state index in [0.29, 0.717) is 24.7 Å². The minimum atomic E-state index is 0.0924. The third kappa shape index (κ3) is 3.07. The maximum absolute atomic E-state index is 12.5. The Morgan fingerprint density at radius 3 is 2.56 bits per heavy atom. The Labute approximate surface area is 108 Å². The SMILES string of the molecule is NCCN(C(=O)c1ccncc1)C1CCCCC1. The van der Waals surface area contributed by atoms with Gasteiger partial charge in [-0.3, -0.25) is 9.78 Å². The summed E-state index contributed by atoms with van der Waals surface area (Å²) in [6.45, 7) is 1.17. The van der Waals surface area contributed by atoms with E-state index in [0.717, 1.165) is 12.8 Å². The van der Waals surface area contributed by atoms with Gasteiger partial charge in [-0.05, 0) is 25.0 Å². The van der Waals surface area contributed by atoms with Crippen LogP contribution in [0.4, 0.5) is 0 Å². The number of hydrogen-bond acceptors (Lipinski definition) is 3. The molecule has 18 heavy (non-hydrogen) atoms. The van der Waals surface area contributed by atoms with Gasteiger partial charge in [0.15, 0.2) is 0 Å². The van der Waals surface area contributed by atoms with Gasteiger partial charge in [-0.25, -0.2) is 0 Å². The molecule has 1 aliphatic carbocycles. The summed E-state index contributed by atoms with van der Waals surface area (Å²) in [5.41, 5.74) is 6.36. The molecular formula is C14H21N3O. The van der Waals surface area contributed by atoms with Crippen molar-refractivity contribution in [1.29, 1.82) is 0 Å². The molecule has 0 unspecified atom stereocenters. The molecule has 0 aromatic carbocycles. The van der Waals surface area contributed by atoms with Gasteiger partial charge in [-0.1, -0.05) is 19.3 Å². The highest BCUT2D eigenvalue weighted by atomic mass is 16.2. The van der Waals surface area contributed by atoms with Crippen LogP contribution in [0.5, 0.6) is 0 Å². The summed E-state index contributed by atoms with van der Waals surface area (Å²) >= 11 is 0. The molecule has 0 saturated heterocycles. The highest BCUT2D eigenvalue weighted by Crippen LogP contribution is 2.23. The molecule has 4 heteroatoms. The maximum atomic E-state index is 12.5. The van der Waals surface area contributed by atoms with E-state index in [1.54, 1.807) is 24.5 Å². The molecule has 1 saturated carbocycles. The number of nitrogens with two attached hydrogens (primary N) is 1. The zero-order valence-electron chi connectivity index (χ0n) is 10.7. The zero-order chi connectivity index (χ0) is 12.8. The molecule has 0 bridgehead atoms. The van der Waals surface area contributed by atoms with Crippen LogP contribution in [-0.4, -0.2) is 34.9 Å². The van der Waals surface area contributed by atoms with Crippen LogP contribution in [0.1, 0.15) is 42.5 Å². The zero-order valence-corrected chi connectivity index (χ0v) is 10.7. The summed E-state index contributed by atoms with van der Waals surface area (Å²) < 4.78 is 0. The highest BCUT2D eigenvalue weighted by molar-refractivity contribution is 5.94. The van der Waals surface area contributed by atoms with Crippen molar-refractivity contribution >= 4 is 5.91 Å². The Morgan fingerprint density at radius 2 is 1.94 bits per heavy atom. The van der Waals surface area contributed by atoms with Crippen molar-refractivity contribution in [1.82, 2.24) is 9.88 Å². The van der Waals surface area contributed by atoms with Crippen LogP contribution < -0.4 is 5.73 Å². The molecule has 1 fully saturated rings. The molecule has 2 N–H and O–H groups in total. The van der Waals surface area contributed by atoms with Crippen molar-refractivity contribution in [2.75, 3.05) is 13.1 Å². The van der Waals surface area contributed by atoms with E-state index in [9.17, 15) is 4.79 Å². The summed E-state index contributed by atoms with van der Waals surface area (Å²) in [5.74, 6) is 0.0924. The third-order valence-electron chi connectivity index (χ3n) is 3.57. The standard InChI is InChI=1S/C14H21N3O/c15-8-11-17(13-4-2-1-3-5-13)14(18)12-6-9-16-10-7-12/h6-7,9-10,13H,1-5,8,11,15H2. The monoisotopic (exact) mass is 247 g/mol. The number of aromatic nitrogens is 1. The van der Waals surface area contributed by atoms with Gasteiger partial charge in [0, 0.05) is 37.1 Å². The van der Waals surface area contributed by atoms with Crippen LogP contribution in [0.2, 0.25) is 0 Å². The van der Waals surface area contributed by atoms with Crippen molar-refractivity contribution < 1.29 is 4.79 Å². The van der Waals surface area contributed by atoms with E-state index in [1.165, 1.54) is 19.3 Å². The predicted octanol–water partition coefficient (Wildman–Crippen LogP) is 1.82. The molecule has 1 heterocycles. The number of hydrogen-bond donors (Lipinski definition) is 1. The van der Waals surface area contributed by atoms with Gasteiger partial charge in [0.2, 0.25) is 0 Å². The van der Waals surface area contributed by atoms with Gasteiger partial charge < -0.3 is 10.6 Å². The summed E-state index contributed by atoms with van der Waals surface area (Å²) in [6, 6.07) is 3.91. The number of rotatable bonds is 4. The highest BCUT2D eigenvalue weighted by Gasteiger charge is 2.25. The number of pyridine rings is 1. The smallest absolute Gasteiger partial charge is 0.254 e. The topological polar surface area (TPSA) is 59.2 Å². The van der Waals surface area contributed by atoms with Crippen molar-refractivity contribution in [2.45, 2.75) is 38.1 Å². The van der Waals surface area contributed by atoms with Crippen molar-refractivity contribution in [2.24, 2.45) is 5.73 Å². The first-order valence-corrected chi connectivity index (χ1v) is 6.74. The fourth-order valence-electron chi connectivity index (χ4n) is 2.64. The van der Waals surface area contributed by atoms with Gasteiger partial charge >= 0.3 is 0 Å². The van der Waals surface area contributed by atoms with Gasteiger partial charge in [-0.15, -0.1) is 0 Å². The molecule has 0 aliphatic heterocycles. The second kappa shape index (κ2) is 6.50. The summed E-state index contributed by atoms with van der Waals surface area (Å²) in [6.07, 6.45) is 9.26. The molecule has 1 aromatic rings. The predicted molar refractivity (Wildman–Crippen MR) is 71.2 cm³/mol. The van der Waals surface area contributed by atoms with Gasteiger partial charge in [0.1, 0.15) is 0 Å². The maximum Gasteiger partial charge on any atom is 0.254 e. The van der Waals surface area contributed by atoms with Crippen LogP contribution in [0.25, 0.3) is 0 Å². The van der Waals surface area contributed by atoms with E-state index in [4.69, 9.17) is 5.73 Å². The summed E-state index contributed by atoms with van der Waals surface area (Å²) in [7, 11) is 0.